The number of nitro benzene ring substituents is 1. The largest absolute Gasteiger partial charge is 0.388 e. The number of rotatable bonds is 7. The summed E-state index contributed by atoms with van der Waals surface area (Å²) in [5.74, 6) is 0. The highest BCUT2D eigenvalue weighted by molar-refractivity contribution is 7.89. The first-order chi connectivity index (χ1) is 10.9. The molecule has 2 N–H and O–H groups in total. The molecule has 2 rings (SSSR count). The fourth-order valence-corrected chi connectivity index (χ4v) is 3.05. The van der Waals surface area contributed by atoms with Gasteiger partial charge in [-0.2, -0.15) is 0 Å². The molecule has 1 atom stereocenters. The van der Waals surface area contributed by atoms with Crippen molar-refractivity contribution in [1.29, 1.82) is 0 Å². The summed E-state index contributed by atoms with van der Waals surface area (Å²) in [4.78, 5) is 9.90. The van der Waals surface area contributed by atoms with Gasteiger partial charge < -0.3 is 5.11 Å². The number of nitrogens with zero attached hydrogens (tertiary/aromatic N) is 1. The summed E-state index contributed by atoms with van der Waals surface area (Å²) in [6.07, 6.45) is -0.549. The van der Waals surface area contributed by atoms with Gasteiger partial charge in [-0.1, -0.05) is 30.3 Å². The van der Waals surface area contributed by atoms with Crippen LogP contribution in [0.25, 0.3) is 0 Å². The highest BCUT2D eigenvalue weighted by Crippen LogP contribution is 2.17. The smallest absolute Gasteiger partial charge is 0.269 e. The molecular formula is C15H16N2O5S. The van der Waals surface area contributed by atoms with E-state index >= 15 is 0 Å². The van der Waals surface area contributed by atoms with Crippen molar-refractivity contribution < 1.29 is 18.4 Å². The van der Waals surface area contributed by atoms with Crippen LogP contribution in [0.5, 0.6) is 0 Å². The van der Waals surface area contributed by atoms with Crippen molar-refractivity contribution in [2.45, 2.75) is 17.4 Å². The number of aliphatic hydroxyl groups excluding tert-OH is 1. The van der Waals surface area contributed by atoms with Crippen molar-refractivity contribution in [2.24, 2.45) is 0 Å². The Kier molecular flexibility index (Phi) is 5.43. The fourth-order valence-electron chi connectivity index (χ4n) is 2.00. The number of benzene rings is 2. The molecule has 0 aliphatic heterocycles. The van der Waals surface area contributed by atoms with Crippen molar-refractivity contribution in [3.63, 3.8) is 0 Å². The van der Waals surface area contributed by atoms with E-state index in [-0.39, 0.29) is 23.5 Å². The second-order valence-corrected chi connectivity index (χ2v) is 6.63. The first kappa shape index (κ1) is 17.1. The molecule has 0 spiro atoms. The summed E-state index contributed by atoms with van der Waals surface area (Å²) in [7, 11) is -3.76. The summed E-state index contributed by atoms with van der Waals surface area (Å²) in [6, 6.07) is 13.5. The highest BCUT2D eigenvalue weighted by atomic mass is 32.2. The zero-order chi connectivity index (χ0) is 16.9. The Labute approximate surface area is 133 Å². The molecule has 0 radical (unpaired) electrons. The molecule has 2 aromatic rings. The number of non-ortho nitro benzene ring substituents is 1. The molecule has 2 aromatic carbocycles. The van der Waals surface area contributed by atoms with Crippen molar-refractivity contribution in [3.05, 3.63) is 70.3 Å². The van der Waals surface area contributed by atoms with Gasteiger partial charge in [-0.25, -0.2) is 13.1 Å². The number of nitro groups is 1. The maximum absolute atomic E-state index is 12.1. The van der Waals surface area contributed by atoms with Crippen LogP contribution >= 0.6 is 0 Å². The van der Waals surface area contributed by atoms with Gasteiger partial charge in [-0.15, -0.1) is 0 Å². The van der Waals surface area contributed by atoms with Crippen LogP contribution in [-0.2, 0) is 10.0 Å². The molecule has 8 heteroatoms. The van der Waals surface area contributed by atoms with Crippen LogP contribution in [0.4, 0.5) is 5.69 Å². The highest BCUT2D eigenvalue weighted by Gasteiger charge is 2.16. The third kappa shape index (κ3) is 4.59. The molecule has 0 aliphatic rings. The van der Waals surface area contributed by atoms with E-state index in [0.717, 1.165) is 12.1 Å². The molecule has 0 amide bonds. The molecule has 23 heavy (non-hydrogen) atoms. The van der Waals surface area contributed by atoms with Crippen molar-refractivity contribution in [2.75, 3.05) is 6.54 Å². The fraction of sp³-hybridized carbons (Fsp3) is 0.200. The second-order valence-electron chi connectivity index (χ2n) is 4.86. The van der Waals surface area contributed by atoms with Gasteiger partial charge >= 0.3 is 0 Å². The summed E-state index contributed by atoms with van der Waals surface area (Å²) < 4.78 is 26.5. The second kappa shape index (κ2) is 7.32. The van der Waals surface area contributed by atoms with E-state index < -0.39 is 21.1 Å². The van der Waals surface area contributed by atoms with E-state index in [1.807, 2.05) is 6.07 Å². The van der Waals surface area contributed by atoms with Crippen LogP contribution in [-0.4, -0.2) is 25.0 Å². The van der Waals surface area contributed by atoms with Gasteiger partial charge in [0.25, 0.3) is 5.69 Å². The number of aliphatic hydroxyl groups is 1. The normalized spacial score (nSPS) is 12.7. The minimum Gasteiger partial charge on any atom is -0.388 e. The predicted octanol–water partition coefficient (Wildman–Crippen LogP) is 2.00. The van der Waals surface area contributed by atoms with Gasteiger partial charge in [-0.05, 0) is 24.1 Å². The Balaban J connectivity index is 1.95. The monoisotopic (exact) mass is 336 g/mol. The van der Waals surface area contributed by atoms with Gasteiger partial charge in [-0.3, -0.25) is 10.1 Å². The Morgan fingerprint density at radius 1 is 1.09 bits per heavy atom. The molecular weight excluding hydrogens is 320 g/mol. The lowest BCUT2D eigenvalue weighted by Crippen LogP contribution is -2.26. The Bertz CT molecular complexity index is 760. The maximum atomic E-state index is 12.1. The molecule has 7 nitrogen and oxygen atoms in total. The van der Waals surface area contributed by atoms with Gasteiger partial charge in [0.05, 0.1) is 15.9 Å². The zero-order valence-corrected chi connectivity index (χ0v) is 12.9. The quantitative estimate of drug-likeness (QED) is 0.593. The molecule has 0 bridgehead atoms. The van der Waals surface area contributed by atoms with Crippen molar-refractivity contribution in [1.82, 2.24) is 4.72 Å². The lowest BCUT2D eigenvalue weighted by molar-refractivity contribution is -0.384. The van der Waals surface area contributed by atoms with Gasteiger partial charge in [0.1, 0.15) is 0 Å². The molecule has 0 heterocycles. The van der Waals surface area contributed by atoms with Crippen LogP contribution in [0.2, 0.25) is 0 Å². The van der Waals surface area contributed by atoms with Gasteiger partial charge in [0, 0.05) is 18.7 Å². The zero-order valence-electron chi connectivity index (χ0n) is 12.1. The molecule has 0 saturated heterocycles. The number of sulfonamides is 1. The van der Waals surface area contributed by atoms with E-state index in [0.29, 0.717) is 5.56 Å². The topological polar surface area (TPSA) is 110 Å². The molecule has 0 aliphatic carbocycles. The average molecular weight is 336 g/mol. The summed E-state index contributed by atoms with van der Waals surface area (Å²) in [5.41, 5.74) is 0.533. The maximum Gasteiger partial charge on any atom is 0.269 e. The van der Waals surface area contributed by atoms with E-state index in [2.05, 4.69) is 4.72 Å². The van der Waals surface area contributed by atoms with Crippen molar-refractivity contribution in [3.8, 4) is 0 Å². The SMILES string of the molecule is O=[N+]([O-])c1ccc(S(=O)(=O)NCCC(O)c2ccccc2)cc1. The summed E-state index contributed by atoms with van der Waals surface area (Å²) >= 11 is 0. The van der Waals surface area contributed by atoms with Crippen LogP contribution in [0.15, 0.2) is 59.5 Å². The molecule has 1 unspecified atom stereocenters. The lowest BCUT2D eigenvalue weighted by atomic mass is 10.1. The Morgan fingerprint density at radius 2 is 1.70 bits per heavy atom. The third-order valence-corrected chi connectivity index (χ3v) is 4.73. The van der Waals surface area contributed by atoms with Gasteiger partial charge in [0.2, 0.25) is 10.0 Å². The lowest BCUT2D eigenvalue weighted by Gasteiger charge is -2.12. The summed E-state index contributed by atoms with van der Waals surface area (Å²) in [5, 5.41) is 20.5. The molecule has 0 fully saturated rings. The van der Waals surface area contributed by atoms with E-state index in [1.54, 1.807) is 24.3 Å². The third-order valence-electron chi connectivity index (χ3n) is 3.25. The number of hydrogen-bond donors (Lipinski definition) is 2. The van der Waals surface area contributed by atoms with Crippen LogP contribution in [0.1, 0.15) is 18.1 Å². The first-order valence-corrected chi connectivity index (χ1v) is 8.35. The van der Waals surface area contributed by atoms with E-state index in [1.165, 1.54) is 12.1 Å². The molecule has 122 valence electrons. The molecule has 0 saturated carbocycles. The van der Waals surface area contributed by atoms with E-state index in [9.17, 15) is 23.6 Å². The first-order valence-electron chi connectivity index (χ1n) is 6.87. The standard InChI is InChI=1S/C15H16N2O5S/c18-15(12-4-2-1-3-5-12)10-11-16-23(21,22)14-8-6-13(7-9-14)17(19)20/h1-9,15-16,18H,10-11H2. The number of hydrogen-bond acceptors (Lipinski definition) is 5. The Hall–Kier alpha value is -2.29. The van der Waals surface area contributed by atoms with Crippen LogP contribution in [0.3, 0.4) is 0 Å². The Morgan fingerprint density at radius 3 is 2.26 bits per heavy atom. The van der Waals surface area contributed by atoms with Crippen LogP contribution < -0.4 is 4.72 Å². The number of nitrogens with one attached hydrogen (secondary N) is 1. The molecule has 0 aromatic heterocycles. The van der Waals surface area contributed by atoms with Crippen molar-refractivity contribution >= 4 is 15.7 Å². The van der Waals surface area contributed by atoms with Gasteiger partial charge in [0.15, 0.2) is 0 Å². The predicted molar refractivity (Wildman–Crippen MR) is 84.3 cm³/mol. The van der Waals surface area contributed by atoms with Crippen LogP contribution in [0, 0.1) is 10.1 Å². The minimum atomic E-state index is -3.76. The minimum absolute atomic E-state index is 0.0510. The average Bonchev–Trinajstić information content (AvgIpc) is 2.55. The summed E-state index contributed by atoms with van der Waals surface area (Å²) in [6.45, 7) is 0.0510. The van der Waals surface area contributed by atoms with E-state index in [4.69, 9.17) is 0 Å².